The van der Waals surface area contributed by atoms with E-state index in [-0.39, 0.29) is 11.9 Å². The summed E-state index contributed by atoms with van der Waals surface area (Å²) in [6.07, 6.45) is 6.97. The highest BCUT2D eigenvalue weighted by Crippen LogP contribution is 2.19. The third-order valence-electron chi connectivity index (χ3n) is 4.97. The Labute approximate surface area is 166 Å². The number of benzene rings is 1. The second kappa shape index (κ2) is 10.4. The van der Waals surface area contributed by atoms with Crippen LogP contribution in [0.5, 0.6) is 5.75 Å². The Balaban J connectivity index is 1.45. The minimum atomic E-state index is -0.0830. The number of rotatable bonds is 9. The molecule has 1 atom stereocenters. The Bertz CT molecular complexity index is 670. The number of ether oxygens (including phenoxy) is 1. The van der Waals surface area contributed by atoms with Gasteiger partial charge in [0.25, 0.3) is 0 Å². The van der Waals surface area contributed by atoms with Crippen LogP contribution in [0.15, 0.2) is 54.9 Å². The van der Waals surface area contributed by atoms with Crippen molar-refractivity contribution >= 4 is 17.7 Å². The van der Waals surface area contributed by atoms with Gasteiger partial charge in [-0.05, 0) is 42.7 Å². The highest BCUT2D eigenvalue weighted by molar-refractivity contribution is 7.98. The van der Waals surface area contributed by atoms with Gasteiger partial charge in [-0.3, -0.25) is 9.69 Å². The van der Waals surface area contributed by atoms with E-state index < -0.39 is 0 Å². The van der Waals surface area contributed by atoms with Crippen LogP contribution in [0.2, 0.25) is 0 Å². The normalized spacial score (nSPS) is 16.3. The molecule has 3 rings (SSSR count). The van der Waals surface area contributed by atoms with E-state index in [0.717, 1.165) is 50.6 Å². The van der Waals surface area contributed by atoms with Crippen molar-refractivity contribution in [2.75, 3.05) is 51.3 Å². The van der Waals surface area contributed by atoms with Gasteiger partial charge in [-0.25, -0.2) is 0 Å². The highest BCUT2D eigenvalue weighted by atomic mass is 32.2. The van der Waals surface area contributed by atoms with Crippen molar-refractivity contribution < 1.29 is 9.53 Å². The Hall–Kier alpha value is -1.92. The van der Waals surface area contributed by atoms with Crippen molar-refractivity contribution in [1.82, 2.24) is 14.4 Å². The first-order valence-corrected chi connectivity index (χ1v) is 11.0. The summed E-state index contributed by atoms with van der Waals surface area (Å²) >= 11 is 1.79. The average Bonchev–Trinajstić information content (AvgIpc) is 3.24. The van der Waals surface area contributed by atoms with Gasteiger partial charge < -0.3 is 14.2 Å². The topological polar surface area (TPSA) is 37.7 Å². The summed E-state index contributed by atoms with van der Waals surface area (Å²) in [5.74, 6) is 2.15. The third-order valence-corrected chi connectivity index (χ3v) is 5.62. The maximum Gasteiger partial charge on any atom is 0.245 e. The molecule has 1 saturated heterocycles. The monoisotopic (exact) mass is 387 g/mol. The van der Waals surface area contributed by atoms with Gasteiger partial charge in [0, 0.05) is 45.1 Å². The van der Waals surface area contributed by atoms with Crippen molar-refractivity contribution in [2.24, 2.45) is 0 Å². The van der Waals surface area contributed by atoms with Crippen LogP contribution in [0.3, 0.4) is 0 Å². The second-order valence-corrected chi connectivity index (χ2v) is 7.74. The lowest BCUT2D eigenvalue weighted by molar-refractivity contribution is -0.136. The quantitative estimate of drug-likeness (QED) is 0.663. The third kappa shape index (κ3) is 5.78. The number of para-hydroxylation sites is 1. The molecule has 1 aromatic heterocycles. The average molecular weight is 388 g/mol. The van der Waals surface area contributed by atoms with Crippen molar-refractivity contribution in [1.29, 1.82) is 0 Å². The number of hydrogen-bond donors (Lipinski definition) is 0. The largest absolute Gasteiger partial charge is 0.492 e. The maximum atomic E-state index is 13.1. The summed E-state index contributed by atoms with van der Waals surface area (Å²) in [7, 11) is 0. The predicted octanol–water partition coefficient (Wildman–Crippen LogP) is 3.01. The van der Waals surface area contributed by atoms with Crippen LogP contribution in [-0.4, -0.2) is 71.6 Å². The van der Waals surface area contributed by atoms with Gasteiger partial charge in [-0.15, -0.1) is 0 Å². The SMILES string of the molecule is CSCC[C@@H](C(=O)N1CCN(CCOc2ccccc2)CC1)n1cccc1. The fourth-order valence-electron chi connectivity index (χ4n) is 3.40. The summed E-state index contributed by atoms with van der Waals surface area (Å²) in [5.41, 5.74) is 0. The molecule has 0 spiro atoms. The number of amides is 1. The van der Waals surface area contributed by atoms with Crippen molar-refractivity contribution in [2.45, 2.75) is 12.5 Å². The first-order chi connectivity index (χ1) is 13.3. The van der Waals surface area contributed by atoms with E-state index >= 15 is 0 Å². The Morgan fingerprint density at radius 2 is 1.78 bits per heavy atom. The van der Waals surface area contributed by atoms with Crippen LogP contribution in [0, 0.1) is 0 Å². The molecule has 2 heterocycles. The van der Waals surface area contributed by atoms with Gasteiger partial charge in [0.2, 0.25) is 5.91 Å². The van der Waals surface area contributed by atoms with Crippen molar-refractivity contribution in [3.8, 4) is 5.75 Å². The van der Waals surface area contributed by atoms with Gasteiger partial charge in [0.05, 0.1) is 0 Å². The van der Waals surface area contributed by atoms with Gasteiger partial charge >= 0.3 is 0 Å². The molecular formula is C21H29N3O2S. The number of thioether (sulfide) groups is 1. The summed E-state index contributed by atoms with van der Waals surface area (Å²) in [5, 5.41) is 0. The van der Waals surface area contributed by atoms with Crippen LogP contribution in [0.25, 0.3) is 0 Å². The molecule has 0 radical (unpaired) electrons. The molecule has 2 aromatic rings. The molecule has 27 heavy (non-hydrogen) atoms. The number of piperazine rings is 1. The van der Waals surface area contributed by atoms with Gasteiger partial charge in [0.15, 0.2) is 0 Å². The molecule has 0 saturated carbocycles. The molecular weight excluding hydrogens is 358 g/mol. The van der Waals surface area contributed by atoms with E-state index in [2.05, 4.69) is 15.7 Å². The molecule has 0 bridgehead atoms. The van der Waals surface area contributed by atoms with E-state index in [4.69, 9.17) is 4.74 Å². The molecule has 0 aliphatic carbocycles. The number of hydrogen-bond acceptors (Lipinski definition) is 4. The molecule has 0 N–H and O–H groups in total. The van der Waals surface area contributed by atoms with E-state index in [1.165, 1.54) is 0 Å². The Morgan fingerprint density at radius 3 is 2.44 bits per heavy atom. The van der Waals surface area contributed by atoms with Crippen LogP contribution >= 0.6 is 11.8 Å². The summed E-state index contributed by atoms with van der Waals surface area (Å²) in [4.78, 5) is 17.5. The van der Waals surface area contributed by atoms with Gasteiger partial charge in [-0.1, -0.05) is 18.2 Å². The maximum absolute atomic E-state index is 13.1. The molecule has 1 aliphatic rings. The van der Waals surface area contributed by atoms with Crippen LogP contribution in [0.4, 0.5) is 0 Å². The zero-order valence-electron chi connectivity index (χ0n) is 16.0. The van der Waals surface area contributed by atoms with E-state index in [9.17, 15) is 4.79 Å². The summed E-state index contributed by atoms with van der Waals surface area (Å²) < 4.78 is 7.84. The lowest BCUT2D eigenvalue weighted by Crippen LogP contribution is -2.51. The number of aromatic nitrogens is 1. The first kappa shape index (κ1) is 19.8. The summed E-state index contributed by atoms with van der Waals surface area (Å²) in [6.45, 7) is 4.97. The fourth-order valence-corrected chi connectivity index (χ4v) is 3.86. The summed E-state index contributed by atoms with van der Waals surface area (Å²) in [6, 6.07) is 13.8. The number of carbonyl (C=O) groups is 1. The molecule has 146 valence electrons. The lowest BCUT2D eigenvalue weighted by Gasteiger charge is -2.36. The molecule has 1 aliphatic heterocycles. The second-order valence-electron chi connectivity index (χ2n) is 6.76. The van der Waals surface area contributed by atoms with E-state index in [1.54, 1.807) is 11.8 Å². The van der Waals surface area contributed by atoms with Crippen molar-refractivity contribution in [3.05, 3.63) is 54.9 Å². The minimum absolute atomic E-state index is 0.0830. The van der Waals surface area contributed by atoms with Crippen molar-refractivity contribution in [3.63, 3.8) is 0 Å². The molecule has 0 unspecified atom stereocenters. The van der Waals surface area contributed by atoms with Gasteiger partial charge in [0.1, 0.15) is 18.4 Å². The standard InChI is InChI=1S/C21H29N3O2S/c1-27-18-9-20(23-10-5-6-11-23)21(25)24-14-12-22(13-15-24)16-17-26-19-7-3-2-4-8-19/h2-8,10-11,20H,9,12-18H2,1H3/t20-/m0/s1. The first-order valence-electron chi connectivity index (χ1n) is 9.58. The minimum Gasteiger partial charge on any atom is -0.492 e. The zero-order chi connectivity index (χ0) is 18.9. The Morgan fingerprint density at radius 1 is 1.07 bits per heavy atom. The Kier molecular flexibility index (Phi) is 7.66. The zero-order valence-corrected chi connectivity index (χ0v) is 16.8. The van der Waals surface area contributed by atoms with Gasteiger partial charge in [-0.2, -0.15) is 11.8 Å². The lowest BCUT2D eigenvalue weighted by atomic mass is 10.1. The molecule has 6 heteroatoms. The smallest absolute Gasteiger partial charge is 0.245 e. The van der Waals surface area contributed by atoms with E-state index in [0.29, 0.717) is 6.61 Å². The molecule has 1 fully saturated rings. The fraction of sp³-hybridized carbons (Fsp3) is 0.476. The highest BCUT2D eigenvalue weighted by Gasteiger charge is 2.27. The predicted molar refractivity (Wildman–Crippen MR) is 111 cm³/mol. The van der Waals surface area contributed by atoms with Crippen LogP contribution in [0.1, 0.15) is 12.5 Å². The van der Waals surface area contributed by atoms with Crippen LogP contribution < -0.4 is 4.74 Å². The van der Waals surface area contributed by atoms with E-state index in [1.807, 2.05) is 59.8 Å². The van der Waals surface area contributed by atoms with Crippen LogP contribution in [-0.2, 0) is 4.79 Å². The number of nitrogens with zero attached hydrogens (tertiary/aromatic N) is 3. The molecule has 1 amide bonds. The molecule has 5 nitrogen and oxygen atoms in total. The molecule has 1 aromatic carbocycles. The number of carbonyl (C=O) groups excluding carboxylic acids is 1.